The second-order valence-corrected chi connectivity index (χ2v) is 6.03. The number of benzene rings is 1. The molecule has 5 heteroatoms. The smallest absolute Gasteiger partial charge is 0.253 e. The minimum Gasteiger partial charge on any atom is -0.391 e. The van der Waals surface area contributed by atoms with Crippen molar-refractivity contribution < 1.29 is 9.90 Å². The molecule has 0 spiro atoms. The average Bonchev–Trinajstić information content (AvgIpc) is 3.41. The number of anilines is 2. The Morgan fingerprint density at radius 3 is 2.43 bits per heavy atom. The zero-order chi connectivity index (χ0) is 16.2. The normalized spacial score (nSPS) is 15.0. The number of nitrogens with one attached hydrogen (secondary N) is 1. The highest BCUT2D eigenvalue weighted by Crippen LogP contribution is 2.32. The number of aromatic nitrogens is 1. The third-order valence-electron chi connectivity index (χ3n) is 4.07. The Hall–Kier alpha value is -2.40. The van der Waals surface area contributed by atoms with Crippen LogP contribution in [0.15, 0.2) is 48.8 Å². The van der Waals surface area contributed by atoms with Gasteiger partial charge in [-0.25, -0.2) is 0 Å². The molecule has 0 aliphatic heterocycles. The number of carbonyl (C=O) groups is 1. The van der Waals surface area contributed by atoms with Gasteiger partial charge in [-0.2, -0.15) is 0 Å². The molecule has 0 saturated heterocycles. The van der Waals surface area contributed by atoms with Gasteiger partial charge in [0.25, 0.3) is 5.91 Å². The lowest BCUT2D eigenvalue weighted by Gasteiger charge is -2.21. The van der Waals surface area contributed by atoms with E-state index in [0.29, 0.717) is 18.0 Å². The number of hydrogen-bond donors (Lipinski definition) is 2. The van der Waals surface area contributed by atoms with Crippen LogP contribution in [0.1, 0.15) is 23.2 Å². The molecule has 1 atom stereocenters. The zero-order valence-electron chi connectivity index (χ0n) is 13.1. The lowest BCUT2D eigenvalue weighted by Crippen LogP contribution is -2.35. The first-order valence-electron chi connectivity index (χ1n) is 7.84. The van der Waals surface area contributed by atoms with Gasteiger partial charge in [-0.05, 0) is 55.2 Å². The van der Waals surface area contributed by atoms with E-state index in [1.54, 1.807) is 36.5 Å². The molecule has 1 aromatic heterocycles. The van der Waals surface area contributed by atoms with E-state index in [2.05, 4.69) is 10.3 Å². The Morgan fingerprint density at radius 1 is 1.22 bits per heavy atom. The molecule has 1 saturated carbocycles. The number of amides is 1. The standard InChI is InChI=1S/C18H21N3O2/c1-21(12-17(22)13-2-3-13)18(23)14-4-6-15(7-5-14)20-16-8-10-19-11-9-16/h4-11,13,17,22H,2-3,12H2,1H3,(H,19,20). The van der Waals surface area contributed by atoms with E-state index in [4.69, 9.17) is 0 Å². The van der Waals surface area contributed by atoms with Crippen molar-refractivity contribution in [1.82, 2.24) is 9.88 Å². The summed E-state index contributed by atoms with van der Waals surface area (Å²) in [5.74, 6) is 0.303. The lowest BCUT2D eigenvalue weighted by atomic mass is 10.1. The van der Waals surface area contributed by atoms with Crippen molar-refractivity contribution in [3.8, 4) is 0 Å². The first-order chi connectivity index (χ1) is 11.1. The summed E-state index contributed by atoms with van der Waals surface area (Å²) < 4.78 is 0. The highest BCUT2D eigenvalue weighted by atomic mass is 16.3. The summed E-state index contributed by atoms with van der Waals surface area (Å²) in [5, 5.41) is 13.2. The number of carbonyl (C=O) groups excluding carboxylic acids is 1. The van der Waals surface area contributed by atoms with Crippen LogP contribution >= 0.6 is 0 Å². The third kappa shape index (κ3) is 4.07. The summed E-state index contributed by atoms with van der Waals surface area (Å²) in [6.45, 7) is 0.389. The third-order valence-corrected chi connectivity index (χ3v) is 4.07. The lowest BCUT2D eigenvalue weighted by molar-refractivity contribution is 0.0645. The second kappa shape index (κ2) is 6.79. The van der Waals surface area contributed by atoms with Crippen LogP contribution in [0, 0.1) is 5.92 Å². The second-order valence-electron chi connectivity index (χ2n) is 6.03. The molecule has 1 aromatic carbocycles. The molecule has 1 unspecified atom stereocenters. The van der Waals surface area contributed by atoms with E-state index in [-0.39, 0.29) is 5.91 Å². The minimum absolute atomic E-state index is 0.0693. The predicted molar refractivity (Wildman–Crippen MR) is 89.7 cm³/mol. The Labute approximate surface area is 136 Å². The highest BCUT2D eigenvalue weighted by molar-refractivity contribution is 5.94. The predicted octanol–water partition coefficient (Wildman–Crippen LogP) is 2.67. The number of pyridine rings is 1. The number of nitrogens with zero attached hydrogens (tertiary/aromatic N) is 2. The molecular formula is C18H21N3O2. The highest BCUT2D eigenvalue weighted by Gasteiger charge is 2.31. The molecule has 23 heavy (non-hydrogen) atoms. The molecule has 2 N–H and O–H groups in total. The summed E-state index contributed by atoms with van der Waals surface area (Å²) in [6, 6.07) is 11.1. The zero-order valence-corrected chi connectivity index (χ0v) is 13.1. The summed E-state index contributed by atoms with van der Waals surface area (Å²) >= 11 is 0. The number of likely N-dealkylation sites (N-methyl/N-ethyl adjacent to an activating group) is 1. The SMILES string of the molecule is CN(CC(O)C1CC1)C(=O)c1ccc(Nc2ccncc2)cc1. The van der Waals surface area contributed by atoms with Gasteiger partial charge in [0, 0.05) is 42.9 Å². The van der Waals surface area contributed by atoms with Gasteiger partial charge in [-0.3, -0.25) is 9.78 Å². The van der Waals surface area contributed by atoms with Crippen LogP contribution in [0.25, 0.3) is 0 Å². The molecular weight excluding hydrogens is 290 g/mol. The van der Waals surface area contributed by atoms with E-state index in [0.717, 1.165) is 24.2 Å². The van der Waals surface area contributed by atoms with Gasteiger partial charge in [0.15, 0.2) is 0 Å². The summed E-state index contributed by atoms with van der Waals surface area (Å²) in [4.78, 5) is 17.9. The van der Waals surface area contributed by atoms with Crippen molar-refractivity contribution in [2.24, 2.45) is 5.92 Å². The first-order valence-corrected chi connectivity index (χ1v) is 7.84. The fraction of sp³-hybridized carbons (Fsp3) is 0.333. The number of aliphatic hydroxyl groups excluding tert-OH is 1. The van der Waals surface area contributed by atoms with Gasteiger partial charge < -0.3 is 15.3 Å². The largest absolute Gasteiger partial charge is 0.391 e. The summed E-state index contributed by atoms with van der Waals surface area (Å²) in [7, 11) is 1.73. The molecule has 120 valence electrons. The van der Waals surface area contributed by atoms with Crippen molar-refractivity contribution >= 4 is 17.3 Å². The van der Waals surface area contributed by atoms with Gasteiger partial charge in [0.2, 0.25) is 0 Å². The average molecular weight is 311 g/mol. The monoisotopic (exact) mass is 311 g/mol. The molecule has 1 fully saturated rings. The Bertz CT molecular complexity index is 654. The molecule has 2 aromatic rings. The van der Waals surface area contributed by atoms with Crippen molar-refractivity contribution in [3.63, 3.8) is 0 Å². The van der Waals surface area contributed by atoms with Gasteiger partial charge >= 0.3 is 0 Å². The Balaban J connectivity index is 1.60. The molecule has 3 rings (SSSR count). The summed E-state index contributed by atoms with van der Waals surface area (Å²) in [5.41, 5.74) is 2.48. The Morgan fingerprint density at radius 2 is 1.83 bits per heavy atom. The van der Waals surface area contributed by atoms with Gasteiger partial charge in [-0.1, -0.05) is 0 Å². The maximum atomic E-state index is 12.4. The fourth-order valence-corrected chi connectivity index (χ4v) is 2.51. The molecule has 5 nitrogen and oxygen atoms in total. The molecule has 1 aliphatic carbocycles. The molecule has 1 heterocycles. The van der Waals surface area contributed by atoms with Crippen molar-refractivity contribution in [2.45, 2.75) is 18.9 Å². The quantitative estimate of drug-likeness (QED) is 0.861. The number of rotatable bonds is 6. The number of aliphatic hydroxyl groups is 1. The van der Waals surface area contributed by atoms with E-state index in [9.17, 15) is 9.90 Å². The van der Waals surface area contributed by atoms with Crippen molar-refractivity contribution in [2.75, 3.05) is 18.9 Å². The fourth-order valence-electron chi connectivity index (χ4n) is 2.51. The molecule has 0 radical (unpaired) electrons. The van der Waals surface area contributed by atoms with Crippen LogP contribution in [0.2, 0.25) is 0 Å². The van der Waals surface area contributed by atoms with E-state index >= 15 is 0 Å². The maximum absolute atomic E-state index is 12.4. The van der Waals surface area contributed by atoms with E-state index < -0.39 is 6.10 Å². The molecule has 1 amide bonds. The van der Waals surface area contributed by atoms with E-state index in [1.807, 2.05) is 24.3 Å². The van der Waals surface area contributed by atoms with Crippen molar-refractivity contribution in [1.29, 1.82) is 0 Å². The van der Waals surface area contributed by atoms with Crippen LogP contribution in [0.5, 0.6) is 0 Å². The Kier molecular flexibility index (Phi) is 4.57. The van der Waals surface area contributed by atoms with Crippen LogP contribution in [0.4, 0.5) is 11.4 Å². The van der Waals surface area contributed by atoms with Crippen LogP contribution < -0.4 is 5.32 Å². The number of hydrogen-bond acceptors (Lipinski definition) is 4. The van der Waals surface area contributed by atoms with E-state index in [1.165, 1.54) is 0 Å². The summed E-state index contributed by atoms with van der Waals surface area (Å²) in [6.07, 6.45) is 5.18. The molecule has 0 bridgehead atoms. The van der Waals surface area contributed by atoms with Crippen molar-refractivity contribution in [3.05, 3.63) is 54.4 Å². The topological polar surface area (TPSA) is 65.5 Å². The van der Waals surface area contributed by atoms with Gasteiger partial charge in [-0.15, -0.1) is 0 Å². The maximum Gasteiger partial charge on any atom is 0.253 e. The minimum atomic E-state index is -0.406. The van der Waals surface area contributed by atoms with Crippen LogP contribution in [0.3, 0.4) is 0 Å². The van der Waals surface area contributed by atoms with Gasteiger partial charge in [0.1, 0.15) is 0 Å². The molecule has 1 aliphatic rings. The van der Waals surface area contributed by atoms with Crippen LogP contribution in [-0.2, 0) is 0 Å². The van der Waals surface area contributed by atoms with Gasteiger partial charge in [0.05, 0.1) is 6.10 Å². The van der Waals surface area contributed by atoms with Crippen LogP contribution in [-0.4, -0.2) is 40.6 Å². The first kappa shape index (κ1) is 15.5.